The first-order valence-corrected chi connectivity index (χ1v) is 6.62. The summed E-state index contributed by atoms with van der Waals surface area (Å²) in [6, 6.07) is 3.75. The zero-order chi connectivity index (χ0) is 11.4. The lowest BCUT2D eigenvalue weighted by molar-refractivity contribution is 0.200. The molecular formula is C13H23N3. The molecule has 3 heteroatoms. The maximum absolute atomic E-state index is 8.86. The number of likely N-dealkylation sites (tertiary alicyclic amines) is 1. The van der Waals surface area contributed by atoms with Crippen LogP contribution in [0.25, 0.3) is 0 Å². The van der Waals surface area contributed by atoms with Crippen molar-refractivity contribution >= 4 is 0 Å². The summed E-state index contributed by atoms with van der Waals surface area (Å²) >= 11 is 0. The Hall–Kier alpha value is -0.590. The van der Waals surface area contributed by atoms with Crippen LogP contribution in [0.15, 0.2) is 0 Å². The molecule has 0 spiro atoms. The summed E-state index contributed by atoms with van der Waals surface area (Å²) in [5, 5.41) is 12.6. The lowest BCUT2D eigenvalue weighted by atomic mass is 9.86. The van der Waals surface area contributed by atoms with E-state index in [9.17, 15) is 0 Å². The first-order chi connectivity index (χ1) is 7.78. The van der Waals surface area contributed by atoms with E-state index in [0.29, 0.717) is 18.0 Å². The van der Waals surface area contributed by atoms with Gasteiger partial charge >= 0.3 is 0 Å². The maximum Gasteiger partial charge on any atom is 0.0655 e. The molecule has 2 rings (SSSR count). The van der Waals surface area contributed by atoms with Gasteiger partial charge in [0.05, 0.1) is 6.07 Å². The first kappa shape index (κ1) is 11.9. The van der Waals surface area contributed by atoms with Gasteiger partial charge in [0.2, 0.25) is 0 Å². The monoisotopic (exact) mass is 221 g/mol. The van der Waals surface area contributed by atoms with Crippen molar-refractivity contribution in [2.75, 3.05) is 20.1 Å². The van der Waals surface area contributed by atoms with Crippen LogP contribution >= 0.6 is 0 Å². The minimum Gasteiger partial charge on any atom is -0.310 e. The number of nitriles is 1. The fourth-order valence-electron chi connectivity index (χ4n) is 3.02. The Morgan fingerprint density at radius 1 is 1.12 bits per heavy atom. The molecule has 1 heterocycles. The fourth-order valence-corrected chi connectivity index (χ4v) is 3.02. The minimum atomic E-state index is 0.326. The summed E-state index contributed by atoms with van der Waals surface area (Å²) in [5.74, 6) is 0.326. The SMILES string of the molecule is CN1CCCC(NC2CCC(C#N)CC2)C1. The molecule has 1 aliphatic carbocycles. The second kappa shape index (κ2) is 5.65. The molecule has 0 aromatic heterocycles. The molecule has 1 saturated heterocycles. The van der Waals surface area contributed by atoms with Gasteiger partial charge in [-0.05, 0) is 52.1 Å². The van der Waals surface area contributed by atoms with E-state index in [-0.39, 0.29) is 0 Å². The highest BCUT2D eigenvalue weighted by atomic mass is 15.1. The van der Waals surface area contributed by atoms with Gasteiger partial charge < -0.3 is 10.2 Å². The molecule has 1 aliphatic heterocycles. The Labute approximate surface area is 98.8 Å². The third kappa shape index (κ3) is 3.20. The number of likely N-dealkylation sites (N-methyl/N-ethyl adjacent to an activating group) is 1. The number of rotatable bonds is 2. The van der Waals surface area contributed by atoms with Crippen molar-refractivity contribution in [2.24, 2.45) is 5.92 Å². The Bertz CT molecular complexity index is 250. The highest BCUT2D eigenvalue weighted by Gasteiger charge is 2.24. The van der Waals surface area contributed by atoms with Crippen LogP contribution in [0.4, 0.5) is 0 Å². The number of piperidine rings is 1. The smallest absolute Gasteiger partial charge is 0.0655 e. The Balaban J connectivity index is 1.72. The van der Waals surface area contributed by atoms with E-state index in [0.717, 1.165) is 12.8 Å². The Morgan fingerprint density at radius 3 is 2.50 bits per heavy atom. The average Bonchev–Trinajstić information content (AvgIpc) is 2.30. The van der Waals surface area contributed by atoms with Crippen molar-refractivity contribution in [1.82, 2.24) is 10.2 Å². The van der Waals surface area contributed by atoms with Gasteiger partial charge in [0, 0.05) is 24.5 Å². The zero-order valence-electron chi connectivity index (χ0n) is 10.3. The van der Waals surface area contributed by atoms with E-state index >= 15 is 0 Å². The molecule has 2 fully saturated rings. The quantitative estimate of drug-likeness (QED) is 0.772. The third-order valence-corrected chi connectivity index (χ3v) is 4.01. The van der Waals surface area contributed by atoms with Crippen LogP contribution in [0, 0.1) is 17.2 Å². The molecule has 1 N–H and O–H groups in total. The summed E-state index contributed by atoms with van der Waals surface area (Å²) in [7, 11) is 2.21. The summed E-state index contributed by atoms with van der Waals surface area (Å²) in [6.07, 6.45) is 7.22. The van der Waals surface area contributed by atoms with Gasteiger partial charge in [-0.3, -0.25) is 0 Å². The van der Waals surface area contributed by atoms with E-state index in [1.807, 2.05) is 0 Å². The number of hydrogen-bond donors (Lipinski definition) is 1. The normalized spacial score (nSPS) is 36.9. The van der Waals surface area contributed by atoms with Gasteiger partial charge in [-0.25, -0.2) is 0 Å². The molecular weight excluding hydrogens is 198 g/mol. The highest BCUT2D eigenvalue weighted by molar-refractivity contribution is 4.90. The first-order valence-electron chi connectivity index (χ1n) is 6.62. The van der Waals surface area contributed by atoms with Crippen molar-refractivity contribution in [3.63, 3.8) is 0 Å². The van der Waals surface area contributed by atoms with Crippen molar-refractivity contribution in [3.05, 3.63) is 0 Å². The molecule has 0 aromatic carbocycles. The van der Waals surface area contributed by atoms with Gasteiger partial charge in [-0.1, -0.05) is 0 Å². The van der Waals surface area contributed by atoms with E-state index in [4.69, 9.17) is 5.26 Å². The molecule has 0 radical (unpaired) electrons. The summed E-state index contributed by atoms with van der Waals surface area (Å²) in [6.45, 7) is 2.44. The summed E-state index contributed by atoms with van der Waals surface area (Å²) < 4.78 is 0. The van der Waals surface area contributed by atoms with Crippen LogP contribution < -0.4 is 5.32 Å². The standard InChI is InChI=1S/C13H23N3/c1-16-8-2-3-13(10-16)15-12-6-4-11(9-14)5-7-12/h11-13,15H,2-8,10H2,1H3. The molecule has 2 aliphatic rings. The molecule has 90 valence electrons. The molecule has 16 heavy (non-hydrogen) atoms. The maximum atomic E-state index is 8.86. The Kier molecular flexibility index (Phi) is 4.20. The van der Waals surface area contributed by atoms with Gasteiger partial charge in [-0.15, -0.1) is 0 Å². The summed E-state index contributed by atoms with van der Waals surface area (Å²) in [5.41, 5.74) is 0. The van der Waals surface area contributed by atoms with Crippen LogP contribution in [-0.4, -0.2) is 37.1 Å². The number of nitrogens with zero attached hydrogens (tertiary/aromatic N) is 2. The van der Waals surface area contributed by atoms with E-state index in [1.165, 1.54) is 38.8 Å². The van der Waals surface area contributed by atoms with Crippen molar-refractivity contribution in [2.45, 2.75) is 50.6 Å². The fraction of sp³-hybridized carbons (Fsp3) is 0.923. The van der Waals surface area contributed by atoms with E-state index in [1.54, 1.807) is 0 Å². The van der Waals surface area contributed by atoms with Crippen molar-refractivity contribution < 1.29 is 0 Å². The van der Waals surface area contributed by atoms with Gasteiger partial charge in [0.25, 0.3) is 0 Å². The second-order valence-corrected chi connectivity index (χ2v) is 5.45. The minimum absolute atomic E-state index is 0.326. The predicted molar refractivity (Wildman–Crippen MR) is 65.0 cm³/mol. The van der Waals surface area contributed by atoms with Crippen LogP contribution in [0.5, 0.6) is 0 Å². The van der Waals surface area contributed by atoms with E-state index in [2.05, 4.69) is 23.3 Å². The average molecular weight is 221 g/mol. The second-order valence-electron chi connectivity index (χ2n) is 5.45. The lowest BCUT2D eigenvalue weighted by Gasteiger charge is -2.35. The number of hydrogen-bond acceptors (Lipinski definition) is 3. The van der Waals surface area contributed by atoms with Crippen LogP contribution in [0.1, 0.15) is 38.5 Å². The molecule has 0 amide bonds. The predicted octanol–water partition coefficient (Wildman–Crippen LogP) is 1.75. The largest absolute Gasteiger partial charge is 0.310 e. The molecule has 1 saturated carbocycles. The molecule has 0 bridgehead atoms. The van der Waals surface area contributed by atoms with Gasteiger partial charge in [0.15, 0.2) is 0 Å². The number of nitrogens with one attached hydrogen (secondary N) is 1. The van der Waals surface area contributed by atoms with Crippen LogP contribution in [-0.2, 0) is 0 Å². The zero-order valence-corrected chi connectivity index (χ0v) is 10.3. The van der Waals surface area contributed by atoms with Crippen LogP contribution in [0.3, 0.4) is 0 Å². The van der Waals surface area contributed by atoms with Crippen molar-refractivity contribution in [1.29, 1.82) is 5.26 Å². The molecule has 0 aromatic rings. The third-order valence-electron chi connectivity index (χ3n) is 4.01. The topological polar surface area (TPSA) is 39.1 Å². The molecule has 3 nitrogen and oxygen atoms in total. The Morgan fingerprint density at radius 2 is 1.88 bits per heavy atom. The van der Waals surface area contributed by atoms with E-state index < -0.39 is 0 Å². The van der Waals surface area contributed by atoms with Crippen LogP contribution in [0.2, 0.25) is 0 Å². The van der Waals surface area contributed by atoms with Gasteiger partial charge in [0.1, 0.15) is 0 Å². The lowest BCUT2D eigenvalue weighted by Crippen LogP contribution is -2.48. The summed E-state index contributed by atoms with van der Waals surface area (Å²) in [4.78, 5) is 2.42. The highest BCUT2D eigenvalue weighted by Crippen LogP contribution is 2.24. The molecule has 1 unspecified atom stereocenters. The van der Waals surface area contributed by atoms with Gasteiger partial charge in [-0.2, -0.15) is 5.26 Å². The molecule has 1 atom stereocenters. The van der Waals surface area contributed by atoms with Crippen molar-refractivity contribution in [3.8, 4) is 6.07 Å².